The van der Waals surface area contributed by atoms with Gasteiger partial charge in [0.05, 0.1) is 12.1 Å². The summed E-state index contributed by atoms with van der Waals surface area (Å²) >= 11 is 0. The molecule has 15 heavy (non-hydrogen) atoms. The van der Waals surface area contributed by atoms with Crippen LogP contribution in [0.1, 0.15) is 46.0 Å². The molecule has 86 valence electrons. The second kappa shape index (κ2) is 4.12. The molecule has 0 spiro atoms. The van der Waals surface area contributed by atoms with Gasteiger partial charge in [-0.25, -0.2) is 0 Å². The fraction of sp³-hybridized carbons (Fsp3) is 0.917. The number of amides is 1. The Hall–Kier alpha value is -0.570. The largest absolute Gasteiger partial charge is 0.359 e. The summed E-state index contributed by atoms with van der Waals surface area (Å²) in [7, 11) is 0. The number of rotatable bonds is 1. The number of ether oxygens (including phenoxy) is 1. The number of nitrogens with zero attached hydrogens (tertiary/aromatic N) is 1. The summed E-state index contributed by atoms with van der Waals surface area (Å²) < 4.78 is 5.39. The van der Waals surface area contributed by atoms with Gasteiger partial charge < -0.3 is 9.64 Å². The maximum atomic E-state index is 12.3. The van der Waals surface area contributed by atoms with Crippen LogP contribution >= 0.6 is 0 Å². The summed E-state index contributed by atoms with van der Waals surface area (Å²) in [4.78, 5) is 14.2. The molecule has 1 heterocycles. The Morgan fingerprint density at radius 2 is 1.93 bits per heavy atom. The normalized spacial score (nSPS) is 26.9. The molecule has 1 saturated heterocycles. The van der Waals surface area contributed by atoms with Gasteiger partial charge in [-0.1, -0.05) is 19.3 Å². The average Bonchev–Trinajstić information content (AvgIpc) is 2.58. The van der Waals surface area contributed by atoms with Crippen molar-refractivity contribution in [1.82, 2.24) is 4.90 Å². The van der Waals surface area contributed by atoms with Gasteiger partial charge in [0, 0.05) is 5.92 Å². The van der Waals surface area contributed by atoms with Crippen molar-refractivity contribution in [2.24, 2.45) is 5.92 Å². The van der Waals surface area contributed by atoms with Gasteiger partial charge in [-0.15, -0.1) is 0 Å². The van der Waals surface area contributed by atoms with Crippen molar-refractivity contribution < 1.29 is 9.53 Å². The molecule has 0 radical (unpaired) electrons. The molecular formula is C12H21NO2. The quantitative estimate of drug-likeness (QED) is 0.665. The van der Waals surface area contributed by atoms with Crippen LogP contribution in [0, 0.1) is 5.92 Å². The van der Waals surface area contributed by atoms with E-state index >= 15 is 0 Å². The SMILES string of the molecule is CC1(C)COCN1C(=O)C1CCCCC1. The van der Waals surface area contributed by atoms with Gasteiger partial charge in [-0.2, -0.15) is 0 Å². The van der Waals surface area contributed by atoms with E-state index < -0.39 is 0 Å². The molecule has 0 aromatic carbocycles. The van der Waals surface area contributed by atoms with Crippen molar-refractivity contribution in [3.05, 3.63) is 0 Å². The number of hydrogen-bond acceptors (Lipinski definition) is 2. The molecular weight excluding hydrogens is 190 g/mol. The predicted molar refractivity (Wildman–Crippen MR) is 58.3 cm³/mol. The van der Waals surface area contributed by atoms with Gasteiger partial charge in [-0.05, 0) is 26.7 Å². The first-order valence-electron chi connectivity index (χ1n) is 6.00. The van der Waals surface area contributed by atoms with Crippen LogP contribution in [-0.2, 0) is 9.53 Å². The van der Waals surface area contributed by atoms with Gasteiger partial charge in [0.1, 0.15) is 6.73 Å². The zero-order chi connectivity index (χ0) is 10.9. The summed E-state index contributed by atoms with van der Waals surface area (Å²) in [5.41, 5.74) is -0.103. The van der Waals surface area contributed by atoms with Crippen LogP contribution in [0.4, 0.5) is 0 Å². The van der Waals surface area contributed by atoms with E-state index in [1.54, 1.807) is 0 Å². The molecule has 2 aliphatic rings. The highest BCUT2D eigenvalue weighted by atomic mass is 16.5. The molecule has 2 rings (SSSR count). The Labute approximate surface area is 91.8 Å². The molecule has 0 atom stereocenters. The van der Waals surface area contributed by atoms with Gasteiger partial charge in [0.25, 0.3) is 0 Å². The zero-order valence-electron chi connectivity index (χ0n) is 9.79. The molecule has 0 unspecified atom stereocenters. The van der Waals surface area contributed by atoms with Crippen molar-refractivity contribution in [3.63, 3.8) is 0 Å². The molecule has 1 amide bonds. The van der Waals surface area contributed by atoms with E-state index in [4.69, 9.17) is 4.74 Å². The van der Waals surface area contributed by atoms with Gasteiger partial charge in [0.2, 0.25) is 5.91 Å². The minimum atomic E-state index is -0.103. The lowest BCUT2D eigenvalue weighted by molar-refractivity contribution is -0.140. The second-order valence-corrected chi connectivity index (χ2v) is 5.39. The molecule has 1 aliphatic heterocycles. The van der Waals surface area contributed by atoms with E-state index in [1.807, 2.05) is 4.90 Å². The van der Waals surface area contributed by atoms with Crippen molar-refractivity contribution in [2.75, 3.05) is 13.3 Å². The summed E-state index contributed by atoms with van der Waals surface area (Å²) in [5.74, 6) is 0.580. The van der Waals surface area contributed by atoms with Crippen LogP contribution in [0.5, 0.6) is 0 Å². The van der Waals surface area contributed by atoms with Gasteiger partial charge >= 0.3 is 0 Å². The van der Waals surface area contributed by atoms with Crippen molar-refractivity contribution in [2.45, 2.75) is 51.5 Å². The van der Waals surface area contributed by atoms with Crippen LogP contribution < -0.4 is 0 Å². The van der Waals surface area contributed by atoms with E-state index in [2.05, 4.69) is 13.8 Å². The monoisotopic (exact) mass is 211 g/mol. The third-order valence-electron chi connectivity index (χ3n) is 3.63. The molecule has 3 nitrogen and oxygen atoms in total. The fourth-order valence-corrected chi connectivity index (χ4v) is 2.57. The van der Waals surface area contributed by atoms with E-state index in [0.29, 0.717) is 19.2 Å². The van der Waals surface area contributed by atoms with E-state index in [-0.39, 0.29) is 11.5 Å². The number of carbonyl (C=O) groups is 1. The Kier molecular flexibility index (Phi) is 3.01. The molecule has 0 N–H and O–H groups in total. The number of carbonyl (C=O) groups excluding carboxylic acids is 1. The van der Waals surface area contributed by atoms with E-state index in [9.17, 15) is 4.79 Å². The topological polar surface area (TPSA) is 29.5 Å². The van der Waals surface area contributed by atoms with Crippen LogP contribution in [-0.4, -0.2) is 29.7 Å². The summed E-state index contributed by atoms with van der Waals surface area (Å²) in [6.45, 7) is 5.33. The van der Waals surface area contributed by atoms with Crippen molar-refractivity contribution >= 4 is 5.91 Å². The zero-order valence-corrected chi connectivity index (χ0v) is 9.79. The third kappa shape index (κ3) is 2.17. The lowest BCUT2D eigenvalue weighted by Gasteiger charge is -2.33. The minimum absolute atomic E-state index is 0.103. The molecule has 1 aliphatic carbocycles. The second-order valence-electron chi connectivity index (χ2n) is 5.39. The van der Waals surface area contributed by atoms with Gasteiger partial charge in [0.15, 0.2) is 0 Å². The minimum Gasteiger partial charge on any atom is -0.359 e. The van der Waals surface area contributed by atoms with E-state index in [0.717, 1.165) is 12.8 Å². The lowest BCUT2D eigenvalue weighted by Crippen LogP contribution is -2.47. The first-order chi connectivity index (χ1) is 7.11. The van der Waals surface area contributed by atoms with E-state index in [1.165, 1.54) is 19.3 Å². The smallest absolute Gasteiger partial charge is 0.228 e. The maximum absolute atomic E-state index is 12.3. The molecule has 0 bridgehead atoms. The fourth-order valence-electron chi connectivity index (χ4n) is 2.57. The Bertz CT molecular complexity index is 244. The molecule has 3 heteroatoms. The molecule has 0 aromatic rings. The van der Waals surface area contributed by atoms with Crippen LogP contribution in [0.2, 0.25) is 0 Å². The summed E-state index contributed by atoms with van der Waals surface area (Å²) in [6, 6.07) is 0. The molecule has 0 aromatic heterocycles. The lowest BCUT2D eigenvalue weighted by atomic mass is 9.87. The van der Waals surface area contributed by atoms with Crippen molar-refractivity contribution in [3.8, 4) is 0 Å². The maximum Gasteiger partial charge on any atom is 0.228 e. The first-order valence-corrected chi connectivity index (χ1v) is 6.00. The van der Waals surface area contributed by atoms with Crippen LogP contribution in [0.3, 0.4) is 0 Å². The van der Waals surface area contributed by atoms with Crippen LogP contribution in [0.15, 0.2) is 0 Å². The highest BCUT2D eigenvalue weighted by molar-refractivity contribution is 5.79. The average molecular weight is 211 g/mol. The highest BCUT2D eigenvalue weighted by Crippen LogP contribution is 2.30. The predicted octanol–water partition coefficient (Wildman–Crippen LogP) is 2.16. The van der Waals surface area contributed by atoms with Crippen LogP contribution in [0.25, 0.3) is 0 Å². The molecule has 1 saturated carbocycles. The Morgan fingerprint density at radius 3 is 2.47 bits per heavy atom. The summed E-state index contributed by atoms with van der Waals surface area (Å²) in [5, 5.41) is 0. The standard InChI is InChI=1S/C12H21NO2/c1-12(2)8-15-9-13(12)11(14)10-6-4-3-5-7-10/h10H,3-9H2,1-2H3. The molecule has 2 fully saturated rings. The number of hydrogen-bond donors (Lipinski definition) is 0. The van der Waals surface area contributed by atoms with Crippen molar-refractivity contribution in [1.29, 1.82) is 0 Å². The first kappa shape index (κ1) is 10.9. The third-order valence-corrected chi connectivity index (χ3v) is 3.63. The summed E-state index contributed by atoms with van der Waals surface area (Å²) in [6.07, 6.45) is 5.87. The van der Waals surface area contributed by atoms with Gasteiger partial charge in [-0.3, -0.25) is 4.79 Å². The Morgan fingerprint density at radius 1 is 1.27 bits per heavy atom. The Balaban J connectivity index is 2.00. The highest BCUT2D eigenvalue weighted by Gasteiger charge is 2.39.